The average molecular weight is 299 g/mol. The van der Waals surface area contributed by atoms with Crippen LogP contribution in [-0.2, 0) is 0 Å². The van der Waals surface area contributed by atoms with Crippen molar-refractivity contribution < 1.29 is 14.3 Å². The van der Waals surface area contributed by atoms with E-state index >= 15 is 0 Å². The fourth-order valence-electron chi connectivity index (χ4n) is 3.39. The second-order valence-electron chi connectivity index (χ2n) is 5.94. The molecular weight excluding hydrogens is 282 g/mol. The molecule has 2 saturated heterocycles. The number of amides is 1. The van der Waals surface area contributed by atoms with Gasteiger partial charge in [0.05, 0.1) is 6.20 Å². The molecule has 114 valence electrons. The number of phenols is 1. The Kier molecular flexibility index (Phi) is 3.11. The molecule has 2 aromatic rings. The van der Waals surface area contributed by atoms with Crippen LogP contribution in [0.2, 0.25) is 0 Å². The lowest BCUT2D eigenvalue weighted by Gasteiger charge is -2.20. The Bertz CT molecular complexity index is 712. The molecule has 0 radical (unpaired) electrons. The summed E-state index contributed by atoms with van der Waals surface area (Å²) in [5, 5.41) is 16.0. The molecule has 1 aromatic heterocycles. The Morgan fingerprint density at radius 2 is 2.32 bits per heavy atom. The monoisotopic (exact) mass is 299 g/mol. The topological polar surface area (TPSA) is 87.4 Å². The van der Waals surface area contributed by atoms with Gasteiger partial charge in [0.1, 0.15) is 5.75 Å². The molecule has 2 aliphatic heterocycles. The van der Waals surface area contributed by atoms with Gasteiger partial charge in [-0.2, -0.15) is 0 Å². The number of aromatic hydroxyl groups is 1. The first-order valence-corrected chi connectivity index (χ1v) is 7.51. The van der Waals surface area contributed by atoms with Crippen molar-refractivity contribution in [2.24, 2.45) is 0 Å². The molecule has 0 spiro atoms. The average Bonchev–Trinajstić information content (AvgIpc) is 3.23. The van der Waals surface area contributed by atoms with Gasteiger partial charge in [0.25, 0.3) is 5.89 Å². The van der Waals surface area contributed by atoms with Crippen molar-refractivity contribution in [1.82, 2.24) is 15.6 Å². The van der Waals surface area contributed by atoms with E-state index in [0.717, 1.165) is 12.8 Å². The number of fused-ring (bicyclic) bond motifs is 2. The molecule has 6 heteroatoms. The van der Waals surface area contributed by atoms with E-state index in [9.17, 15) is 9.90 Å². The number of carbonyl (C=O) groups is 1. The second kappa shape index (κ2) is 5.14. The molecule has 3 N–H and O–H groups in total. The summed E-state index contributed by atoms with van der Waals surface area (Å²) in [4.78, 5) is 16.3. The van der Waals surface area contributed by atoms with Crippen LogP contribution in [0.4, 0.5) is 0 Å². The largest absolute Gasteiger partial charge is 0.508 e. The summed E-state index contributed by atoms with van der Waals surface area (Å²) >= 11 is 0. The number of aromatic nitrogens is 1. The van der Waals surface area contributed by atoms with Crippen LogP contribution < -0.4 is 10.6 Å². The molecule has 3 heterocycles. The number of carbonyl (C=O) groups excluding carboxylic acids is 1. The van der Waals surface area contributed by atoms with Gasteiger partial charge in [0, 0.05) is 23.7 Å². The van der Waals surface area contributed by atoms with E-state index < -0.39 is 0 Å². The quantitative estimate of drug-likeness (QED) is 0.802. The zero-order valence-corrected chi connectivity index (χ0v) is 12.0. The van der Waals surface area contributed by atoms with Crippen molar-refractivity contribution in [2.75, 3.05) is 0 Å². The predicted octanol–water partition coefficient (Wildman–Crippen LogP) is 1.67. The number of phenolic OH excluding ortho intramolecular Hbond substituents is 1. The van der Waals surface area contributed by atoms with Crippen LogP contribution in [0.5, 0.6) is 5.75 Å². The van der Waals surface area contributed by atoms with E-state index in [0.29, 0.717) is 23.4 Å². The van der Waals surface area contributed by atoms with Gasteiger partial charge in [-0.15, -0.1) is 0 Å². The highest BCUT2D eigenvalue weighted by Crippen LogP contribution is 2.28. The minimum absolute atomic E-state index is 0.0566. The molecule has 4 rings (SSSR count). The molecule has 1 amide bonds. The molecule has 0 saturated carbocycles. The molecule has 0 unspecified atom stereocenters. The fourth-order valence-corrected chi connectivity index (χ4v) is 3.39. The lowest BCUT2D eigenvalue weighted by molar-refractivity contribution is 0.0896. The van der Waals surface area contributed by atoms with Crippen LogP contribution in [0.15, 0.2) is 34.9 Å². The molecule has 6 nitrogen and oxygen atoms in total. The number of nitrogens with zero attached hydrogens (tertiary/aromatic N) is 1. The number of nitrogens with one attached hydrogen (secondary N) is 2. The number of hydrogen-bond acceptors (Lipinski definition) is 5. The van der Waals surface area contributed by atoms with E-state index in [4.69, 9.17) is 4.42 Å². The summed E-state index contributed by atoms with van der Waals surface area (Å²) in [6.07, 6.45) is 4.77. The lowest BCUT2D eigenvalue weighted by atomic mass is 9.95. The van der Waals surface area contributed by atoms with Crippen molar-refractivity contribution in [2.45, 2.75) is 37.4 Å². The van der Waals surface area contributed by atoms with Gasteiger partial charge in [-0.3, -0.25) is 4.79 Å². The molecule has 2 bridgehead atoms. The number of hydrogen-bond donors (Lipinski definition) is 3. The van der Waals surface area contributed by atoms with Crippen molar-refractivity contribution >= 4 is 5.91 Å². The molecule has 3 atom stereocenters. The van der Waals surface area contributed by atoms with Gasteiger partial charge in [-0.1, -0.05) is 12.1 Å². The second-order valence-corrected chi connectivity index (χ2v) is 5.94. The minimum atomic E-state index is -0.286. The van der Waals surface area contributed by atoms with Gasteiger partial charge in [-0.25, -0.2) is 4.98 Å². The van der Waals surface area contributed by atoms with E-state index in [2.05, 4.69) is 15.6 Å². The molecule has 2 aliphatic rings. The summed E-state index contributed by atoms with van der Waals surface area (Å²) in [6.45, 7) is 0. The number of rotatable bonds is 3. The Morgan fingerprint density at radius 1 is 1.41 bits per heavy atom. The Morgan fingerprint density at radius 3 is 3.05 bits per heavy atom. The minimum Gasteiger partial charge on any atom is -0.508 e. The standard InChI is InChI=1S/C16H17N3O3/c20-11-3-1-2-9(6-11)14-8-17-16(22-14)15(21)19-13-7-10-4-5-12(13)18-10/h1-3,6,8,10,12-13,18,20H,4-5,7H2,(H,19,21)/t10-,12+,13-/m1/s1. The van der Waals surface area contributed by atoms with Crippen LogP contribution in [-0.4, -0.2) is 34.1 Å². The first-order valence-electron chi connectivity index (χ1n) is 7.51. The third-order valence-corrected chi connectivity index (χ3v) is 4.45. The highest BCUT2D eigenvalue weighted by atomic mass is 16.4. The van der Waals surface area contributed by atoms with Gasteiger partial charge in [0.2, 0.25) is 0 Å². The summed E-state index contributed by atoms with van der Waals surface area (Å²) in [5.41, 5.74) is 0.688. The highest BCUT2D eigenvalue weighted by molar-refractivity contribution is 5.90. The van der Waals surface area contributed by atoms with Crippen LogP contribution in [0.3, 0.4) is 0 Å². The molecule has 0 aliphatic carbocycles. The summed E-state index contributed by atoms with van der Waals surface area (Å²) in [5.74, 6) is 0.381. The predicted molar refractivity (Wildman–Crippen MR) is 79.4 cm³/mol. The maximum Gasteiger partial charge on any atom is 0.307 e. The maximum absolute atomic E-state index is 12.2. The van der Waals surface area contributed by atoms with Crippen molar-refractivity contribution in [1.29, 1.82) is 0 Å². The van der Waals surface area contributed by atoms with Gasteiger partial charge in [-0.05, 0) is 31.4 Å². The summed E-state index contributed by atoms with van der Waals surface area (Å²) in [7, 11) is 0. The van der Waals surface area contributed by atoms with Gasteiger partial charge < -0.3 is 20.2 Å². The van der Waals surface area contributed by atoms with Gasteiger partial charge in [0.15, 0.2) is 5.76 Å². The van der Waals surface area contributed by atoms with Crippen molar-refractivity contribution in [3.8, 4) is 17.1 Å². The number of benzene rings is 1. The van der Waals surface area contributed by atoms with Crippen LogP contribution >= 0.6 is 0 Å². The molecule has 2 fully saturated rings. The van der Waals surface area contributed by atoms with Crippen molar-refractivity contribution in [3.05, 3.63) is 36.4 Å². The Labute approximate surface area is 127 Å². The van der Waals surface area contributed by atoms with Gasteiger partial charge >= 0.3 is 5.91 Å². The molecule has 22 heavy (non-hydrogen) atoms. The first-order chi connectivity index (χ1) is 10.7. The molecule has 1 aromatic carbocycles. The highest BCUT2D eigenvalue weighted by Gasteiger charge is 2.40. The zero-order valence-electron chi connectivity index (χ0n) is 12.0. The normalized spacial score (nSPS) is 26.3. The third kappa shape index (κ3) is 2.35. The number of oxazole rings is 1. The Hall–Kier alpha value is -2.34. The first kappa shape index (κ1) is 13.3. The van der Waals surface area contributed by atoms with E-state index in [1.54, 1.807) is 24.3 Å². The molecular formula is C16H17N3O3. The van der Waals surface area contributed by atoms with Crippen molar-refractivity contribution in [3.63, 3.8) is 0 Å². The van der Waals surface area contributed by atoms with E-state index in [1.165, 1.54) is 12.6 Å². The maximum atomic E-state index is 12.2. The lowest BCUT2D eigenvalue weighted by Crippen LogP contribution is -2.43. The Balaban J connectivity index is 1.48. The van der Waals surface area contributed by atoms with E-state index in [1.807, 2.05) is 0 Å². The van der Waals surface area contributed by atoms with E-state index in [-0.39, 0.29) is 23.6 Å². The van der Waals surface area contributed by atoms with Crippen LogP contribution in [0.1, 0.15) is 29.9 Å². The fraction of sp³-hybridized carbons (Fsp3) is 0.375. The third-order valence-electron chi connectivity index (χ3n) is 4.45. The van der Waals surface area contributed by atoms with Crippen LogP contribution in [0, 0.1) is 0 Å². The summed E-state index contributed by atoms with van der Waals surface area (Å²) < 4.78 is 5.52. The zero-order chi connectivity index (χ0) is 15.1. The SMILES string of the molecule is O=C(N[C@@H]1C[C@H]2CC[C@@H]1N2)c1ncc(-c2cccc(O)c2)o1. The summed E-state index contributed by atoms with van der Waals surface area (Å²) in [6, 6.07) is 7.72. The van der Waals surface area contributed by atoms with Crippen LogP contribution in [0.25, 0.3) is 11.3 Å². The smallest absolute Gasteiger partial charge is 0.307 e.